The fraction of sp³-hybridized carbons (Fsp3) is 0.875. The fourth-order valence-electron chi connectivity index (χ4n) is 3.08. The summed E-state index contributed by atoms with van der Waals surface area (Å²) in [6, 6.07) is 0. The number of carbonyl (C=O) groups is 2. The molecule has 3 atom stereocenters. The van der Waals surface area contributed by atoms with Crippen LogP contribution in [0.2, 0.25) is 0 Å². The molecular formula is C16H28O4. The molecule has 0 N–H and O–H groups in total. The molecule has 1 aliphatic carbocycles. The highest BCUT2D eigenvalue weighted by Crippen LogP contribution is 2.37. The summed E-state index contributed by atoms with van der Waals surface area (Å²) >= 11 is 0. The molecule has 1 aliphatic rings. The highest BCUT2D eigenvalue weighted by atomic mass is 16.5. The van der Waals surface area contributed by atoms with Crippen molar-refractivity contribution in [2.24, 2.45) is 17.8 Å². The second-order valence-electron chi connectivity index (χ2n) is 6.50. The van der Waals surface area contributed by atoms with Gasteiger partial charge in [0.05, 0.1) is 12.7 Å². The van der Waals surface area contributed by atoms with Gasteiger partial charge in [-0.05, 0) is 38.5 Å². The summed E-state index contributed by atoms with van der Waals surface area (Å²) in [5.41, 5.74) is -0.104. The number of hydrogen-bond donors (Lipinski definition) is 0. The van der Waals surface area contributed by atoms with E-state index in [0.29, 0.717) is 12.3 Å². The van der Waals surface area contributed by atoms with E-state index < -0.39 is 5.92 Å². The summed E-state index contributed by atoms with van der Waals surface area (Å²) in [4.78, 5) is 23.6. The third-order valence-electron chi connectivity index (χ3n) is 4.68. The van der Waals surface area contributed by atoms with Crippen molar-refractivity contribution < 1.29 is 19.1 Å². The fourth-order valence-corrected chi connectivity index (χ4v) is 3.08. The predicted molar refractivity (Wildman–Crippen MR) is 77.3 cm³/mol. The summed E-state index contributed by atoms with van der Waals surface area (Å²) in [5.74, 6) is -0.350. The van der Waals surface area contributed by atoms with Crippen molar-refractivity contribution >= 4 is 11.8 Å². The van der Waals surface area contributed by atoms with E-state index in [1.807, 2.05) is 0 Å². The summed E-state index contributed by atoms with van der Waals surface area (Å²) in [7, 11) is 3.09. The average Bonchev–Trinajstić information content (AvgIpc) is 2.79. The van der Waals surface area contributed by atoms with Crippen LogP contribution in [0, 0.1) is 17.8 Å². The van der Waals surface area contributed by atoms with E-state index in [1.54, 1.807) is 7.11 Å². The van der Waals surface area contributed by atoms with E-state index in [1.165, 1.54) is 7.11 Å². The molecule has 0 heterocycles. The van der Waals surface area contributed by atoms with Gasteiger partial charge in [-0.3, -0.25) is 9.59 Å². The van der Waals surface area contributed by atoms with E-state index in [4.69, 9.17) is 9.47 Å². The zero-order valence-corrected chi connectivity index (χ0v) is 13.4. The highest BCUT2D eigenvalue weighted by molar-refractivity contribution is 6.00. The van der Waals surface area contributed by atoms with Crippen LogP contribution in [0.1, 0.15) is 52.9 Å². The number of rotatable bonds is 7. The molecule has 0 saturated heterocycles. The van der Waals surface area contributed by atoms with Crippen LogP contribution in [-0.2, 0) is 19.1 Å². The lowest BCUT2D eigenvalue weighted by molar-refractivity contribution is -0.150. The van der Waals surface area contributed by atoms with Crippen molar-refractivity contribution in [2.45, 2.75) is 58.5 Å². The number of hydrogen-bond acceptors (Lipinski definition) is 4. The monoisotopic (exact) mass is 284 g/mol. The van der Waals surface area contributed by atoms with Crippen LogP contribution in [0.15, 0.2) is 0 Å². The molecule has 0 aromatic carbocycles. The van der Waals surface area contributed by atoms with Crippen molar-refractivity contribution in [3.05, 3.63) is 0 Å². The van der Waals surface area contributed by atoms with E-state index in [9.17, 15) is 9.59 Å². The van der Waals surface area contributed by atoms with Crippen LogP contribution in [0.4, 0.5) is 0 Å². The molecule has 0 amide bonds. The number of methoxy groups -OCH3 is 2. The van der Waals surface area contributed by atoms with Crippen molar-refractivity contribution in [2.75, 3.05) is 14.2 Å². The number of carbonyl (C=O) groups excluding carboxylic acids is 2. The van der Waals surface area contributed by atoms with E-state index in [2.05, 4.69) is 20.8 Å². The van der Waals surface area contributed by atoms with Crippen LogP contribution in [0.25, 0.3) is 0 Å². The Kier molecular flexibility index (Phi) is 6.18. The zero-order chi connectivity index (χ0) is 15.3. The lowest BCUT2D eigenvalue weighted by atomic mass is 9.81. The molecule has 1 fully saturated rings. The summed E-state index contributed by atoms with van der Waals surface area (Å²) in [6.07, 6.45) is 4.36. The Balaban J connectivity index is 2.52. The lowest BCUT2D eigenvalue weighted by Gasteiger charge is -2.26. The Bertz CT molecular complexity index is 348. The third-order valence-corrected chi connectivity index (χ3v) is 4.68. The summed E-state index contributed by atoms with van der Waals surface area (Å²) in [5, 5.41) is 0. The largest absolute Gasteiger partial charge is 0.468 e. The molecular weight excluding hydrogens is 256 g/mol. The molecule has 0 radical (unpaired) electrons. The van der Waals surface area contributed by atoms with Gasteiger partial charge < -0.3 is 9.47 Å². The molecule has 1 rings (SSSR count). The van der Waals surface area contributed by atoms with Gasteiger partial charge in [0.2, 0.25) is 0 Å². The molecule has 20 heavy (non-hydrogen) atoms. The zero-order valence-electron chi connectivity index (χ0n) is 13.4. The first kappa shape index (κ1) is 17.2. The van der Waals surface area contributed by atoms with Crippen LogP contribution >= 0.6 is 0 Å². The minimum atomic E-state index is -0.537. The van der Waals surface area contributed by atoms with Crippen LogP contribution in [0.3, 0.4) is 0 Å². The minimum absolute atomic E-state index is 0.0471. The van der Waals surface area contributed by atoms with E-state index in [-0.39, 0.29) is 23.3 Å². The Morgan fingerprint density at radius 3 is 2.60 bits per heavy atom. The number of esters is 1. The smallest absolute Gasteiger partial charge is 0.316 e. The van der Waals surface area contributed by atoms with E-state index in [0.717, 1.165) is 25.7 Å². The quantitative estimate of drug-likeness (QED) is 0.533. The molecule has 0 aromatic rings. The SMILES string of the molecule is COC(=O)[C@H]1C(=O)CC[C@@H]1[C@H](C)CCCC(C)(C)OC. The molecule has 4 nitrogen and oxygen atoms in total. The number of ether oxygens (including phenoxy) is 2. The summed E-state index contributed by atoms with van der Waals surface area (Å²) < 4.78 is 10.2. The topological polar surface area (TPSA) is 52.6 Å². The first-order valence-electron chi connectivity index (χ1n) is 7.48. The van der Waals surface area contributed by atoms with Crippen LogP contribution < -0.4 is 0 Å². The van der Waals surface area contributed by atoms with Gasteiger partial charge in [0, 0.05) is 13.5 Å². The Morgan fingerprint density at radius 2 is 2.05 bits per heavy atom. The maximum absolute atomic E-state index is 11.8. The molecule has 4 heteroatoms. The van der Waals surface area contributed by atoms with Gasteiger partial charge in [-0.2, -0.15) is 0 Å². The second-order valence-corrected chi connectivity index (χ2v) is 6.50. The van der Waals surface area contributed by atoms with Crippen LogP contribution in [0.5, 0.6) is 0 Å². The van der Waals surface area contributed by atoms with Gasteiger partial charge in [-0.15, -0.1) is 0 Å². The predicted octanol–water partition coefficient (Wildman–Crippen LogP) is 2.99. The number of Topliss-reactive ketones (excluding diaryl/α,β-unsaturated/α-hetero) is 1. The molecule has 116 valence electrons. The molecule has 0 aromatic heterocycles. The first-order valence-corrected chi connectivity index (χ1v) is 7.48. The van der Waals surface area contributed by atoms with Gasteiger partial charge in [0.15, 0.2) is 0 Å². The standard InChI is InChI=1S/C16H28O4/c1-11(7-6-10-16(2,3)20-5)12-8-9-13(17)14(12)15(18)19-4/h11-12,14H,6-10H2,1-5H3/t11-,12-,14-/m1/s1. The van der Waals surface area contributed by atoms with Crippen molar-refractivity contribution in [3.63, 3.8) is 0 Å². The number of ketones is 1. The molecule has 0 aliphatic heterocycles. The third kappa shape index (κ3) is 4.30. The molecule has 0 spiro atoms. The van der Waals surface area contributed by atoms with E-state index >= 15 is 0 Å². The first-order chi connectivity index (χ1) is 9.32. The van der Waals surface area contributed by atoms with Gasteiger partial charge in [0.1, 0.15) is 11.7 Å². The minimum Gasteiger partial charge on any atom is -0.468 e. The lowest BCUT2D eigenvalue weighted by Crippen LogP contribution is -2.30. The Morgan fingerprint density at radius 1 is 1.40 bits per heavy atom. The average molecular weight is 284 g/mol. The van der Waals surface area contributed by atoms with Gasteiger partial charge >= 0.3 is 5.97 Å². The second kappa shape index (κ2) is 7.21. The maximum atomic E-state index is 11.8. The van der Waals surface area contributed by atoms with Crippen molar-refractivity contribution in [1.29, 1.82) is 0 Å². The van der Waals surface area contributed by atoms with Gasteiger partial charge in [0.25, 0.3) is 0 Å². The van der Waals surface area contributed by atoms with Crippen molar-refractivity contribution in [1.82, 2.24) is 0 Å². The van der Waals surface area contributed by atoms with Crippen molar-refractivity contribution in [3.8, 4) is 0 Å². The normalized spacial score (nSPS) is 24.8. The Labute approximate surface area is 122 Å². The highest BCUT2D eigenvalue weighted by Gasteiger charge is 2.42. The maximum Gasteiger partial charge on any atom is 0.316 e. The molecule has 1 saturated carbocycles. The van der Waals surface area contributed by atoms with Gasteiger partial charge in [-0.1, -0.05) is 19.8 Å². The Hall–Kier alpha value is -0.900. The van der Waals surface area contributed by atoms with Crippen LogP contribution in [-0.4, -0.2) is 31.6 Å². The van der Waals surface area contributed by atoms with Gasteiger partial charge in [-0.25, -0.2) is 0 Å². The summed E-state index contributed by atoms with van der Waals surface area (Å²) in [6.45, 7) is 6.29. The molecule has 0 bridgehead atoms. The molecule has 0 unspecified atom stereocenters.